The van der Waals surface area contributed by atoms with E-state index in [9.17, 15) is 14.0 Å². The van der Waals surface area contributed by atoms with E-state index in [1.165, 1.54) is 23.7 Å². The molecule has 0 amide bonds. The number of para-hydroxylation sites is 2. The zero-order chi connectivity index (χ0) is 22.6. The molecule has 0 saturated carbocycles. The summed E-state index contributed by atoms with van der Waals surface area (Å²) in [5.41, 5.74) is 1.79. The largest absolute Gasteiger partial charge is 0.492 e. The van der Waals surface area contributed by atoms with Gasteiger partial charge in [-0.3, -0.25) is 22.9 Å². The number of rotatable bonds is 4. The molecule has 5 rings (SSSR count). The van der Waals surface area contributed by atoms with Crippen LogP contribution in [0.2, 0.25) is 0 Å². The average molecular weight is 433 g/mol. The number of fused-ring (bicyclic) bond motifs is 3. The van der Waals surface area contributed by atoms with Crippen LogP contribution in [0.3, 0.4) is 0 Å². The Balaban J connectivity index is 1.96. The van der Waals surface area contributed by atoms with Gasteiger partial charge in [0, 0.05) is 25.9 Å². The molecular weight excluding hydrogens is 413 g/mol. The fourth-order valence-electron chi connectivity index (χ4n) is 3.95. The zero-order valence-electron chi connectivity index (χ0n) is 17.7. The third-order valence-electron chi connectivity index (χ3n) is 5.51. The standard InChI is InChI=1S/C23H20FN5O3/c1-4-32-18-8-6-5-7-16(18)29-17(14-9-11-15(24)12-10-14)13-28-19-20(25-22(28)29)26(2)23(31)27(3)21(19)30/h5-13H,4H2,1-3H3. The van der Waals surface area contributed by atoms with Crippen LogP contribution < -0.4 is 16.0 Å². The number of halogens is 1. The minimum atomic E-state index is -0.455. The summed E-state index contributed by atoms with van der Waals surface area (Å²) in [5, 5.41) is 0. The van der Waals surface area contributed by atoms with Crippen LogP contribution in [-0.2, 0) is 14.1 Å². The molecule has 0 aliphatic heterocycles. The molecular formula is C23H20FN5O3. The molecule has 162 valence electrons. The third-order valence-corrected chi connectivity index (χ3v) is 5.51. The van der Waals surface area contributed by atoms with Gasteiger partial charge in [-0.15, -0.1) is 0 Å². The minimum Gasteiger partial charge on any atom is -0.492 e. The van der Waals surface area contributed by atoms with Gasteiger partial charge < -0.3 is 4.74 Å². The highest BCUT2D eigenvalue weighted by molar-refractivity contribution is 5.80. The fourth-order valence-corrected chi connectivity index (χ4v) is 3.95. The van der Waals surface area contributed by atoms with E-state index >= 15 is 0 Å². The van der Waals surface area contributed by atoms with Gasteiger partial charge in [-0.05, 0) is 43.3 Å². The molecule has 8 nitrogen and oxygen atoms in total. The van der Waals surface area contributed by atoms with E-state index in [2.05, 4.69) is 4.98 Å². The molecule has 0 unspecified atom stereocenters. The summed E-state index contributed by atoms with van der Waals surface area (Å²) in [6, 6.07) is 13.6. The second-order valence-electron chi connectivity index (χ2n) is 7.42. The van der Waals surface area contributed by atoms with Gasteiger partial charge in [-0.2, -0.15) is 4.98 Å². The first-order valence-electron chi connectivity index (χ1n) is 10.1. The Hall–Kier alpha value is -4.14. The molecule has 3 aromatic heterocycles. The van der Waals surface area contributed by atoms with Crippen molar-refractivity contribution < 1.29 is 9.13 Å². The van der Waals surface area contributed by atoms with E-state index in [4.69, 9.17) is 4.74 Å². The van der Waals surface area contributed by atoms with Gasteiger partial charge >= 0.3 is 5.69 Å². The zero-order valence-corrected chi connectivity index (χ0v) is 17.7. The van der Waals surface area contributed by atoms with Gasteiger partial charge in [0.05, 0.1) is 18.0 Å². The summed E-state index contributed by atoms with van der Waals surface area (Å²) in [7, 11) is 3.02. The van der Waals surface area contributed by atoms with Crippen molar-refractivity contribution in [1.29, 1.82) is 0 Å². The van der Waals surface area contributed by atoms with Crippen LogP contribution in [0.4, 0.5) is 4.39 Å². The van der Waals surface area contributed by atoms with E-state index in [1.54, 1.807) is 29.8 Å². The molecule has 0 aliphatic rings. The Kier molecular flexibility index (Phi) is 4.47. The number of aryl methyl sites for hydroxylation is 1. The van der Waals surface area contributed by atoms with Crippen molar-refractivity contribution in [1.82, 2.24) is 23.1 Å². The van der Waals surface area contributed by atoms with Gasteiger partial charge in [-0.1, -0.05) is 12.1 Å². The number of benzene rings is 2. The van der Waals surface area contributed by atoms with Crippen molar-refractivity contribution in [3.8, 4) is 22.7 Å². The molecule has 0 bridgehead atoms. The highest BCUT2D eigenvalue weighted by atomic mass is 19.1. The third kappa shape index (κ3) is 2.78. The molecule has 0 aliphatic carbocycles. The summed E-state index contributed by atoms with van der Waals surface area (Å²) in [4.78, 5) is 30.1. The van der Waals surface area contributed by atoms with Crippen LogP contribution >= 0.6 is 0 Å². The van der Waals surface area contributed by atoms with Crippen molar-refractivity contribution in [3.63, 3.8) is 0 Å². The van der Waals surface area contributed by atoms with Gasteiger partial charge in [-0.25, -0.2) is 9.18 Å². The van der Waals surface area contributed by atoms with Gasteiger partial charge in [0.2, 0.25) is 5.78 Å². The maximum absolute atomic E-state index is 13.6. The van der Waals surface area contributed by atoms with Crippen molar-refractivity contribution in [2.24, 2.45) is 14.1 Å². The Bertz CT molecular complexity index is 1610. The van der Waals surface area contributed by atoms with E-state index in [1.807, 2.05) is 35.8 Å². The van der Waals surface area contributed by atoms with Gasteiger partial charge in [0.1, 0.15) is 11.6 Å². The Morgan fingerprint density at radius 1 is 1.00 bits per heavy atom. The van der Waals surface area contributed by atoms with E-state index in [0.29, 0.717) is 29.5 Å². The molecule has 3 heterocycles. The maximum atomic E-state index is 13.6. The molecule has 0 spiro atoms. The monoisotopic (exact) mass is 433 g/mol. The molecule has 0 atom stereocenters. The van der Waals surface area contributed by atoms with Crippen LogP contribution in [0, 0.1) is 5.82 Å². The molecule has 9 heteroatoms. The number of nitrogens with zero attached hydrogens (tertiary/aromatic N) is 5. The van der Waals surface area contributed by atoms with Crippen molar-refractivity contribution in [2.45, 2.75) is 6.92 Å². The number of aromatic nitrogens is 5. The number of imidazole rings is 2. The molecule has 2 aromatic carbocycles. The van der Waals surface area contributed by atoms with Crippen molar-refractivity contribution in [3.05, 3.63) is 81.4 Å². The Morgan fingerprint density at radius 2 is 1.72 bits per heavy atom. The average Bonchev–Trinajstić information content (AvgIpc) is 3.34. The number of ether oxygens (including phenoxy) is 1. The maximum Gasteiger partial charge on any atom is 0.332 e. The Labute approximate surface area is 181 Å². The smallest absolute Gasteiger partial charge is 0.332 e. The van der Waals surface area contributed by atoms with Gasteiger partial charge in [0.15, 0.2) is 11.2 Å². The van der Waals surface area contributed by atoms with Crippen LogP contribution in [-0.4, -0.2) is 29.7 Å². The topological polar surface area (TPSA) is 75.5 Å². The second kappa shape index (κ2) is 7.23. The normalized spacial score (nSPS) is 11.5. The SMILES string of the molecule is CCOc1ccccc1-n1c(-c2ccc(F)cc2)cn2c3c(=O)n(C)c(=O)n(C)c3nc12. The number of hydrogen-bond acceptors (Lipinski definition) is 4. The predicted octanol–water partition coefficient (Wildman–Crippen LogP) is 2.88. The minimum absolute atomic E-state index is 0.278. The van der Waals surface area contributed by atoms with Crippen LogP contribution in [0.5, 0.6) is 5.75 Å². The summed E-state index contributed by atoms with van der Waals surface area (Å²) >= 11 is 0. The molecule has 32 heavy (non-hydrogen) atoms. The summed E-state index contributed by atoms with van der Waals surface area (Å²) < 4.78 is 25.4. The van der Waals surface area contributed by atoms with Gasteiger partial charge in [0.25, 0.3) is 5.56 Å². The lowest BCUT2D eigenvalue weighted by molar-refractivity contribution is 0.339. The lowest BCUT2D eigenvalue weighted by Gasteiger charge is -2.14. The highest BCUT2D eigenvalue weighted by Gasteiger charge is 2.23. The summed E-state index contributed by atoms with van der Waals surface area (Å²) in [6.07, 6.45) is 1.77. The van der Waals surface area contributed by atoms with Crippen LogP contribution in [0.1, 0.15) is 6.92 Å². The van der Waals surface area contributed by atoms with Crippen LogP contribution in [0.25, 0.3) is 33.9 Å². The molecule has 5 aromatic rings. The fraction of sp³-hybridized carbons (Fsp3) is 0.174. The Morgan fingerprint density at radius 3 is 2.44 bits per heavy atom. The predicted molar refractivity (Wildman–Crippen MR) is 119 cm³/mol. The van der Waals surface area contributed by atoms with Crippen molar-refractivity contribution >= 4 is 16.9 Å². The first-order valence-corrected chi connectivity index (χ1v) is 10.1. The van der Waals surface area contributed by atoms with E-state index in [-0.39, 0.29) is 17.0 Å². The molecule has 0 fully saturated rings. The first kappa shape index (κ1) is 19.8. The quantitative estimate of drug-likeness (QED) is 0.437. The number of hydrogen-bond donors (Lipinski definition) is 0. The molecule has 0 radical (unpaired) electrons. The lowest BCUT2D eigenvalue weighted by atomic mass is 10.1. The highest BCUT2D eigenvalue weighted by Crippen LogP contribution is 2.33. The molecule has 0 N–H and O–H groups in total. The lowest BCUT2D eigenvalue weighted by Crippen LogP contribution is -2.37. The first-order chi connectivity index (χ1) is 15.4. The van der Waals surface area contributed by atoms with Crippen molar-refractivity contribution in [2.75, 3.05) is 6.61 Å². The van der Waals surface area contributed by atoms with E-state index in [0.717, 1.165) is 10.1 Å². The summed E-state index contributed by atoms with van der Waals surface area (Å²) in [5.74, 6) is 0.718. The molecule has 0 saturated heterocycles. The van der Waals surface area contributed by atoms with Crippen LogP contribution in [0.15, 0.2) is 64.3 Å². The van der Waals surface area contributed by atoms with E-state index < -0.39 is 11.2 Å². The summed E-state index contributed by atoms with van der Waals surface area (Å²) in [6.45, 7) is 2.36. The second-order valence-corrected chi connectivity index (χ2v) is 7.42.